The van der Waals surface area contributed by atoms with Crippen LogP contribution in [0.3, 0.4) is 0 Å². The lowest BCUT2D eigenvalue weighted by molar-refractivity contribution is -0.136. The first kappa shape index (κ1) is 14.9. The van der Waals surface area contributed by atoms with Crippen LogP contribution in [-0.2, 0) is 14.8 Å². The van der Waals surface area contributed by atoms with Gasteiger partial charge < -0.3 is 5.11 Å². The van der Waals surface area contributed by atoms with Crippen LogP contribution in [0.5, 0.6) is 0 Å². The Hall–Kier alpha value is -2.49. The predicted molar refractivity (Wildman–Crippen MR) is 73.5 cm³/mol. The highest BCUT2D eigenvalue weighted by molar-refractivity contribution is 7.94. The van der Waals surface area contributed by atoms with Crippen LogP contribution in [0.15, 0.2) is 24.5 Å². The maximum atomic E-state index is 12.0. The molecule has 21 heavy (non-hydrogen) atoms. The summed E-state index contributed by atoms with van der Waals surface area (Å²) in [4.78, 5) is 10.8. The van der Waals surface area contributed by atoms with E-state index in [1.165, 1.54) is 17.1 Å². The monoisotopic (exact) mass is 311 g/mol. The summed E-state index contributed by atoms with van der Waals surface area (Å²) in [5.74, 6) is -1.42. The Morgan fingerprint density at radius 2 is 2.14 bits per heavy atom. The molecule has 1 atom stereocenters. The number of nitrogens with zero attached hydrogens (tertiary/aromatic N) is 4. The summed E-state index contributed by atoms with van der Waals surface area (Å²) in [6.07, 6.45) is 1.36. The molecule has 112 valence electrons. The number of nitrogens with one attached hydrogen (secondary N) is 1. The minimum absolute atomic E-state index is 0.274. The molecule has 1 heterocycles. The molecule has 0 bridgehead atoms. The fraction of sp³-hybridized carbons (Fsp3) is 0.273. The first-order valence-electron chi connectivity index (χ1n) is 5.89. The van der Waals surface area contributed by atoms with Crippen LogP contribution in [0, 0.1) is 6.92 Å². The number of carbonyl (C=O) groups is 1. The summed E-state index contributed by atoms with van der Waals surface area (Å²) in [6, 6.07) is 4.92. The third kappa shape index (κ3) is 3.16. The second-order valence-corrected chi connectivity index (χ2v) is 6.38. The van der Waals surface area contributed by atoms with Crippen LogP contribution < -0.4 is 4.72 Å². The zero-order valence-electron chi connectivity index (χ0n) is 11.3. The largest absolute Gasteiger partial charge is 0.480 e. The van der Waals surface area contributed by atoms with Crippen LogP contribution >= 0.6 is 0 Å². The van der Waals surface area contributed by atoms with Gasteiger partial charge in [-0.1, -0.05) is 6.07 Å². The van der Waals surface area contributed by atoms with E-state index < -0.39 is 21.2 Å². The van der Waals surface area contributed by atoms with Crippen molar-refractivity contribution >= 4 is 21.7 Å². The highest BCUT2D eigenvalue weighted by atomic mass is 32.2. The zero-order valence-corrected chi connectivity index (χ0v) is 12.1. The van der Waals surface area contributed by atoms with Crippen LogP contribution in [0.2, 0.25) is 0 Å². The molecular formula is C11H13N5O4S. The van der Waals surface area contributed by atoms with E-state index in [0.29, 0.717) is 11.3 Å². The Balaban J connectivity index is 2.36. The third-order valence-electron chi connectivity index (χ3n) is 2.90. The van der Waals surface area contributed by atoms with Crippen LogP contribution in [0.25, 0.3) is 5.69 Å². The van der Waals surface area contributed by atoms with Crippen molar-refractivity contribution in [3.05, 3.63) is 30.1 Å². The standard InChI is InChI=1S/C11H13N5O4S/c1-7-3-4-9(16-6-12-14-15-16)5-10(7)13-21(19,20)8(2)11(17)18/h3-6,8,13H,1-2H3,(H,17,18). The number of aryl methyl sites for hydroxylation is 1. The summed E-state index contributed by atoms with van der Waals surface area (Å²) in [6.45, 7) is 2.80. The number of sulfonamides is 1. The summed E-state index contributed by atoms with van der Waals surface area (Å²) in [5, 5.41) is 17.9. The molecule has 0 aliphatic heterocycles. The lowest BCUT2D eigenvalue weighted by Crippen LogP contribution is -2.32. The van der Waals surface area contributed by atoms with Crippen molar-refractivity contribution in [2.75, 3.05) is 4.72 Å². The lowest BCUT2D eigenvalue weighted by Gasteiger charge is -2.14. The van der Waals surface area contributed by atoms with Crippen molar-refractivity contribution in [3.8, 4) is 5.69 Å². The van der Waals surface area contributed by atoms with E-state index in [1.807, 2.05) is 0 Å². The molecule has 2 rings (SSSR count). The smallest absolute Gasteiger partial charge is 0.323 e. The van der Waals surface area contributed by atoms with E-state index in [0.717, 1.165) is 6.92 Å². The topological polar surface area (TPSA) is 127 Å². The Morgan fingerprint density at radius 3 is 2.71 bits per heavy atom. The number of benzene rings is 1. The maximum Gasteiger partial charge on any atom is 0.323 e. The van der Waals surface area contributed by atoms with Crippen molar-refractivity contribution in [2.24, 2.45) is 0 Å². The van der Waals surface area contributed by atoms with Crippen molar-refractivity contribution in [3.63, 3.8) is 0 Å². The fourth-order valence-electron chi connectivity index (χ4n) is 1.52. The second-order valence-electron chi connectivity index (χ2n) is 4.38. The number of aromatic nitrogens is 4. The SMILES string of the molecule is Cc1ccc(-n2cnnn2)cc1NS(=O)(=O)C(C)C(=O)O. The maximum absolute atomic E-state index is 12.0. The molecule has 0 radical (unpaired) electrons. The van der Waals surface area contributed by atoms with Gasteiger partial charge in [-0.3, -0.25) is 9.52 Å². The van der Waals surface area contributed by atoms with E-state index in [4.69, 9.17) is 5.11 Å². The molecule has 2 aromatic rings. The van der Waals surface area contributed by atoms with Gasteiger partial charge in [-0.15, -0.1) is 5.10 Å². The molecule has 9 nitrogen and oxygen atoms in total. The average molecular weight is 311 g/mol. The molecular weight excluding hydrogens is 298 g/mol. The fourth-order valence-corrected chi connectivity index (χ4v) is 2.49. The molecule has 1 aromatic carbocycles. The van der Waals surface area contributed by atoms with E-state index in [-0.39, 0.29) is 5.69 Å². The molecule has 0 saturated carbocycles. The van der Waals surface area contributed by atoms with Crippen molar-refractivity contribution in [1.29, 1.82) is 0 Å². The van der Waals surface area contributed by atoms with Gasteiger partial charge in [0.05, 0.1) is 11.4 Å². The van der Waals surface area contributed by atoms with Crippen LogP contribution in [0.1, 0.15) is 12.5 Å². The first-order chi connectivity index (χ1) is 9.81. The predicted octanol–water partition coefficient (Wildman–Crippen LogP) is 0.186. The summed E-state index contributed by atoms with van der Waals surface area (Å²) < 4.78 is 27.5. The molecule has 2 N–H and O–H groups in total. The molecule has 0 spiro atoms. The highest BCUT2D eigenvalue weighted by Crippen LogP contribution is 2.21. The number of carboxylic acid groups (broad SMARTS) is 1. The van der Waals surface area contributed by atoms with Gasteiger partial charge in [0.2, 0.25) is 10.0 Å². The van der Waals surface area contributed by atoms with Gasteiger partial charge in [-0.25, -0.2) is 13.1 Å². The molecule has 0 fully saturated rings. The molecule has 1 unspecified atom stereocenters. The number of anilines is 1. The van der Waals surface area contributed by atoms with Gasteiger partial charge in [-0.05, 0) is 42.0 Å². The molecule has 0 amide bonds. The Kier molecular flexibility index (Phi) is 3.89. The molecule has 10 heteroatoms. The van der Waals surface area contributed by atoms with Crippen LogP contribution in [0.4, 0.5) is 5.69 Å². The van der Waals surface area contributed by atoms with Crippen molar-refractivity contribution in [1.82, 2.24) is 20.2 Å². The number of carboxylic acids is 1. The van der Waals surface area contributed by atoms with Crippen LogP contribution in [-0.4, -0.2) is 45.0 Å². The van der Waals surface area contributed by atoms with E-state index >= 15 is 0 Å². The lowest BCUT2D eigenvalue weighted by atomic mass is 10.2. The van der Waals surface area contributed by atoms with Gasteiger partial charge in [0.15, 0.2) is 5.25 Å². The number of aliphatic carboxylic acids is 1. The van der Waals surface area contributed by atoms with Gasteiger partial charge in [0.25, 0.3) is 0 Å². The van der Waals surface area contributed by atoms with E-state index in [1.54, 1.807) is 19.1 Å². The molecule has 0 saturated heterocycles. The quantitative estimate of drug-likeness (QED) is 0.806. The Morgan fingerprint density at radius 1 is 1.43 bits per heavy atom. The van der Waals surface area contributed by atoms with E-state index in [9.17, 15) is 13.2 Å². The van der Waals surface area contributed by atoms with Gasteiger partial charge in [0, 0.05) is 0 Å². The number of tetrazole rings is 1. The van der Waals surface area contributed by atoms with E-state index in [2.05, 4.69) is 20.2 Å². The van der Waals surface area contributed by atoms with Gasteiger partial charge in [-0.2, -0.15) is 0 Å². The number of hydrogen-bond donors (Lipinski definition) is 2. The zero-order chi connectivity index (χ0) is 15.6. The van der Waals surface area contributed by atoms with Crippen molar-refractivity contribution in [2.45, 2.75) is 19.1 Å². The van der Waals surface area contributed by atoms with Gasteiger partial charge in [0.1, 0.15) is 6.33 Å². The minimum atomic E-state index is -4.03. The number of rotatable bonds is 5. The highest BCUT2D eigenvalue weighted by Gasteiger charge is 2.28. The Bertz CT molecular complexity index is 757. The summed E-state index contributed by atoms with van der Waals surface area (Å²) >= 11 is 0. The average Bonchev–Trinajstić information content (AvgIpc) is 2.94. The minimum Gasteiger partial charge on any atom is -0.480 e. The normalized spacial score (nSPS) is 12.9. The first-order valence-corrected chi connectivity index (χ1v) is 7.44. The second kappa shape index (κ2) is 5.48. The molecule has 1 aromatic heterocycles. The Labute approximate surface area is 120 Å². The molecule has 0 aliphatic rings. The summed E-state index contributed by atoms with van der Waals surface area (Å²) in [5.41, 5.74) is 1.47. The molecule has 0 aliphatic carbocycles. The van der Waals surface area contributed by atoms with Gasteiger partial charge >= 0.3 is 5.97 Å². The van der Waals surface area contributed by atoms with Crippen molar-refractivity contribution < 1.29 is 18.3 Å². The number of hydrogen-bond acceptors (Lipinski definition) is 6. The summed E-state index contributed by atoms with van der Waals surface area (Å²) in [7, 11) is -4.03. The third-order valence-corrected chi connectivity index (χ3v) is 4.54.